The molecule has 1 aromatic rings. The number of amides is 3. The van der Waals surface area contributed by atoms with Gasteiger partial charge in [-0.2, -0.15) is 5.26 Å². The maximum Gasteiger partial charge on any atom is 0.306 e. The van der Waals surface area contributed by atoms with E-state index in [1.807, 2.05) is 0 Å². The molecule has 1 aliphatic heterocycles. The molecule has 33 heavy (non-hydrogen) atoms. The van der Waals surface area contributed by atoms with Crippen molar-refractivity contribution in [3.8, 4) is 6.07 Å². The molecule has 178 valence electrons. The third-order valence-electron chi connectivity index (χ3n) is 5.31. The molecule has 0 saturated carbocycles. The van der Waals surface area contributed by atoms with Crippen LogP contribution in [0.4, 0.5) is 5.69 Å². The maximum absolute atomic E-state index is 13.6. The van der Waals surface area contributed by atoms with Gasteiger partial charge in [0.05, 0.1) is 29.2 Å². The predicted molar refractivity (Wildman–Crippen MR) is 121 cm³/mol. The van der Waals surface area contributed by atoms with Crippen molar-refractivity contribution in [3.63, 3.8) is 0 Å². The number of carboxylic acids is 1. The van der Waals surface area contributed by atoms with Crippen molar-refractivity contribution in [2.75, 3.05) is 12.3 Å². The molecule has 0 radical (unpaired) electrons. The van der Waals surface area contributed by atoms with E-state index in [4.69, 9.17) is 17.3 Å². The highest BCUT2D eigenvalue weighted by atomic mass is 35.5. The van der Waals surface area contributed by atoms with Crippen molar-refractivity contribution >= 4 is 41.0 Å². The standard InChI is InChI=1S/C22H28ClN5O5/c1-22(2,3)18(27-19(31)12-6-7-15(25)14(23)9-12)21(33)28(13(11-24)10-17(29)30)20(32)16-5-4-8-26-16/h6-7,9,13,16,18,26H,4-5,8,10,25H2,1-3H3,(H,27,31)(H,29,30)/t13-,16-,18+/m0/s1. The van der Waals surface area contributed by atoms with E-state index in [2.05, 4.69) is 10.6 Å². The number of carbonyl (C=O) groups is 4. The van der Waals surface area contributed by atoms with Gasteiger partial charge in [0.1, 0.15) is 12.1 Å². The number of nitriles is 1. The number of nitrogens with one attached hydrogen (secondary N) is 2. The van der Waals surface area contributed by atoms with Crippen LogP contribution in [0.3, 0.4) is 0 Å². The summed E-state index contributed by atoms with van der Waals surface area (Å²) in [5.41, 5.74) is 5.23. The number of carboxylic acid groups (broad SMARTS) is 1. The number of aliphatic carboxylic acids is 1. The van der Waals surface area contributed by atoms with Gasteiger partial charge in [-0.1, -0.05) is 32.4 Å². The summed E-state index contributed by atoms with van der Waals surface area (Å²) in [7, 11) is 0. The minimum absolute atomic E-state index is 0.147. The molecule has 1 aromatic carbocycles. The van der Waals surface area contributed by atoms with Crippen LogP contribution in [0.15, 0.2) is 18.2 Å². The van der Waals surface area contributed by atoms with Crippen LogP contribution in [-0.4, -0.2) is 58.4 Å². The molecule has 0 aliphatic carbocycles. The van der Waals surface area contributed by atoms with Crippen molar-refractivity contribution in [2.45, 2.75) is 58.2 Å². The summed E-state index contributed by atoms with van der Waals surface area (Å²) in [6.45, 7) is 5.61. The van der Waals surface area contributed by atoms with Gasteiger partial charge < -0.3 is 21.5 Å². The first kappa shape index (κ1) is 26.1. The Hall–Kier alpha value is -3.16. The summed E-state index contributed by atoms with van der Waals surface area (Å²) in [6, 6.07) is 2.51. The van der Waals surface area contributed by atoms with Crippen LogP contribution < -0.4 is 16.4 Å². The summed E-state index contributed by atoms with van der Waals surface area (Å²) >= 11 is 6.00. The van der Waals surface area contributed by atoms with E-state index in [-0.39, 0.29) is 16.3 Å². The zero-order valence-electron chi connectivity index (χ0n) is 18.7. The molecular weight excluding hydrogens is 450 g/mol. The Kier molecular flexibility index (Phi) is 8.41. The number of benzene rings is 1. The van der Waals surface area contributed by atoms with Gasteiger partial charge in [-0.25, -0.2) is 0 Å². The lowest BCUT2D eigenvalue weighted by Gasteiger charge is -2.36. The molecule has 3 amide bonds. The number of hydrogen-bond acceptors (Lipinski definition) is 7. The van der Waals surface area contributed by atoms with Crippen molar-refractivity contribution in [3.05, 3.63) is 28.8 Å². The SMILES string of the molecule is CC(C)(C)[C@H](NC(=O)c1ccc(N)c(Cl)c1)C(=O)N(C(=O)[C@@H]1CCCN1)[C@H](C#N)CC(=O)O. The fourth-order valence-electron chi connectivity index (χ4n) is 3.51. The average Bonchev–Trinajstić information content (AvgIpc) is 3.26. The van der Waals surface area contributed by atoms with Crippen molar-refractivity contribution in [1.82, 2.24) is 15.5 Å². The highest BCUT2D eigenvalue weighted by molar-refractivity contribution is 6.33. The van der Waals surface area contributed by atoms with Gasteiger partial charge in [0.2, 0.25) is 5.91 Å². The Bertz CT molecular complexity index is 978. The summed E-state index contributed by atoms with van der Waals surface area (Å²) < 4.78 is 0. The molecule has 0 unspecified atom stereocenters. The number of nitrogens with zero attached hydrogens (tertiary/aromatic N) is 2. The zero-order chi connectivity index (χ0) is 24.9. The number of imide groups is 1. The molecule has 1 aliphatic rings. The molecule has 1 heterocycles. The molecule has 0 bridgehead atoms. The van der Waals surface area contributed by atoms with Crippen LogP contribution in [0, 0.1) is 16.7 Å². The smallest absolute Gasteiger partial charge is 0.306 e. The van der Waals surface area contributed by atoms with Crippen LogP contribution in [0.2, 0.25) is 5.02 Å². The van der Waals surface area contributed by atoms with Gasteiger partial charge >= 0.3 is 5.97 Å². The quantitative estimate of drug-likeness (QED) is 0.429. The minimum Gasteiger partial charge on any atom is -0.481 e. The van der Waals surface area contributed by atoms with Gasteiger partial charge in [0.25, 0.3) is 11.8 Å². The van der Waals surface area contributed by atoms with Gasteiger partial charge in [-0.05, 0) is 43.0 Å². The normalized spacial score (nSPS) is 17.5. The molecule has 1 saturated heterocycles. The second-order valence-corrected chi connectivity index (χ2v) is 9.35. The Balaban J connectivity index is 2.43. The van der Waals surface area contributed by atoms with E-state index in [0.29, 0.717) is 24.3 Å². The van der Waals surface area contributed by atoms with Crippen molar-refractivity contribution in [1.29, 1.82) is 5.26 Å². The summed E-state index contributed by atoms with van der Waals surface area (Å²) in [5.74, 6) is -3.52. The molecule has 3 atom stereocenters. The van der Waals surface area contributed by atoms with E-state index in [1.54, 1.807) is 26.8 Å². The monoisotopic (exact) mass is 477 g/mol. The molecule has 11 heteroatoms. The van der Waals surface area contributed by atoms with Crippen LogP contribution >= 0.6 is 11.6 Å². The lowest BCUT2D eigenvalue weighted by molar-refractivity contribution is -0.151. The zero-order valence-corrected chi connectivity index (χ0v) is 19.5. The number of rotatable bonds is 7. The van der Waals surface area contributed by atoms with E-state index >= 15 is 0 Å². The second kappa shape index (κ2) is 10.6. The molecular formula is C22H28ClN5O5. The lowest BCUT2D eigenvalue weighted by Crippen LogP contribution is -2.60. The van der Waals surface area contributed by atoms with Crippen LogP contribution in [0.5, 0.6) is 0 Å². The summed E-state index contributed by atoms with van der Waals surface area (Å²) in [4.78, 5) is 51.7. The number of hydrogen-bond donors (Lipinski definition) is 4. The molecule has 0 aromatic heterocycles. The first-order valence-electron chi connectivity index (χ1n) is 10.4. The van der Waals surface area contributed by atoms with Gasteiger partial charge in [-0.15, -0.1) is 0 Å². The van der Waals surface area contributed by atoms with Crippen LogP contribution in [0.1, 0.15) is 50.4 Å². The van der Waals surface area contributed by atoms with E-state index in [9.17, 15) is 29.5 Å². The first-order chi connectivity index (χ1) is 15.4. The van der Waals surface area contributed by atoms with Crippen LogP contribution in [0.25, 0.3) is 0 Å². The number of nitrogen functional groups attached to an aromatic ring is 1. The number of nitrogens with two attached hydrogens (primary N) is 1. The molecule has 10 nitrogen and oxygen atoms in total. The summed E-state index contributed by atoms with van der Waals surface area (Å²) in [6.07, 6.45) is 0.412. The highest BCUT2D eigenvalue weighted by Gasteiger charge is 2.43. The van der Waals surface area contributed by atoms with E-state index < -0.39 is 53.7 Å². The Morgan fingerprint density at radius 1 is 1.36 bits per heavy atom. The summed E-state index contributed by atoms with van der Waals surface area (Å²) in [5, 5.41) is 24.6. The number of anilines is 1. The largest absolute Gasteiger partial charge is 0.481 e. The Morgan fingerprint density at radius 2 is 2.03 bits per heavy atom. The van der Waals surface area contributed by atoms with Gasteiger partial charge in [0.15, 0.2) is 0 Å². The van der Waals surface area contributed by atoms with Crippen LogP contribution in [-0.2, 0) is 14.4 Å². The minimum atomic E-state index is -1.53. The van der Waals surface area contributed by atoms with Crippen molar-refractivity contribution < 1.29 is 24.3 Å². The fraction of sp³-hybridized carbons (Fsp3) is 0.500. The van der Waals surface area contributed by atoms with Gasteiger partial charge in [-0.3, -0.25) is 24.1 Å². The second-order valence-electron chi connectivity index (χ2n) is 8.95. The maximum atomic E-state index is 13.6. The fourth-order valence-corrected chi connectivity index (χ4v) is 3.69. The third-order valence-corrected chi connectivity index (χ3v) is 5.64. The third kappa shape index (κ3) is 6.43. The molecule has 0 spiro atoms. The lowest BCUT2D eigenvalue weighted by atomic mass is 9.85. The highest BCUT2D eigenvalue weighted by Crippen LogP contribution is 2.25. The number of carbonyl (C=O) groups excluding carboxylic acids is 3. The van der Waals surface area contributed by atoms with E-state index in [0.717, 1.165) is 0 Å². The predicted octanol–water partition coefficient (Wildman–Crippen LogP) is 1.54. The topological polar surface area (TPSA) is 166 Å². The average molecular weight is 478 g/mol. The molecule has 1 fully saturated rings. The van der Waals surface area contributed by atoms with E-state index in [1.165, 1.54) is 18.2 Å². The Labute approximate surface area is 197 Å². The molecule has 2 rings (SSSR count). The van der Waals surface area contributed by atoms with Crippen molar-refractivity contribution in [2.24, 2.45) is 5.41 Å². The van der Waals surface area contributed by atoms with Gasteiger partial charge in [0, 0.05) is 5.56 Å². The first-order valence-corrected chi connectivity index (χ1v) is 10.8. The molecule has 5 N–H and O–H groups in total. The number of halogens is 1. The Morgan fingerprint density at radius 3 is 2.52 bits per heavy atom.